The number of esters is 1. The van der Waals surface area contributed by atoms with E-state index in [-0.39, 0.29) is 12.1 Å². The van der Waals surface area contributed by atoms with E-state index in [2.05, 4.69) is 20.8 Å². The van der Waals surface area contributed by atoms with E-state index < -0.39 is 5.54 Å². The Labute approximate surface area is 105 Å². The molecule has 0 bridgehead atoms. The molecule has 3 atom stereocenters. The maximum Gasteiger partial charge on any atom is 0.326 e. The zero-order chi connectivity index (χ0) is 13.1. The molecule has 1 rings (SSSR count). The quantitative estimate of drug-likeness (QED) is 0.770. The number of nitrogens with two attached hydrogens (primary N) is 1. The molecule has 2 N–H and O–H groups in total. The van der Waals surface area contributed by atoms with Gasteiger partial charge in [0.15, 0.2) is 0 Å². The predicted octanol–water partition coefficient (Wildman–Crippen LogP) is 2.87. The fraction of sp³-hybridized carbons (Fsp3) is 0.929. The summed E-state index contributed by atoms with van der Waals surface area (Å²) in [7, 11) is 0. The van der Waals surface area contributed by atoms with Gasteiger partial charge >= 0.3 is 5.97 Å². The van der Waals surface area contributed by atoms with Crippen LogP contribution in [0.2, 0.25) is 0 Å². The van der Waals surface area contributed by atoms with E-state index in [9.17, 15) is 4.79 Å². The normalized spacial score (nSPS) is 31.3. The molecule has 0 aromatic rings. The van der Waals surface area contributed by atoms with Crippen molar-refractivity contribution in [2.75, 3.05) is 0 Å². The number of ether oxygens (including phenoxy) is 1. The highest BCUT2D eigenvalue weighted by molar-refractivity contribution is 5.80. The number of hydrogen-bond donors (Lipinski definition) is 1. The molecule has 0 heterocycles. The molecule has 100 valence electrons. The van der Waals surface area contributed by atoms with E-state index in [1.807, 2.05) is 6.92 Å². The second-order valence-corrected chi connectivity index (χ2v) is 6.20. The van der Waals surface area contributed by atoms with Crippen LogP contribution in [0.15, 0.2) is 0 Å². The summed E-state index contributed by atoms with van der Waals surface area (Å²) in [5.74, 6) is 0.871. The highest BCUT2D eigenvalue weighted by Gasteiger charge is 2.40. The zero-order valence-corrected chi connectivity index (χ0v) is 11.7. The molecule has 3 nitrogen and oxygen atoms in total. The third-order valence-corrected chi connectivity index (χ3v) is 3.55. The number of hydrogen-bond acceptors (Lipinski definition) is 3. The number of rotatable bonds is 4. The monoisotopic (exact) mass is 241 g/mol. The Morgan fingerprint density at radius 2 is 2.12 bits per heavy atom. The van der Waals surface area contributed by atoms with Crippen molar-refractivity contribution in [3.05, 3.63) is 0 Å². The molecule has 1 aliphatic rings. The van der Waals surface area contributed by atoms with Gasteiger partial charge in [0.25, 0.3) is 0 Å². The van der Waals surface area contributed by atoms with E-state index in [1.54, 1.807) is 0 Å². The summed E-state index contributed by atoms with van der Waals surface area (Å²) in [6.07, 6.45) is 4.61. The summed E-state index contributed by atoms with van der Waals surface area (Å²) < 4.78 is 5.49. The average Bonchev–Trinajstić information content (AvgIpc) is 2.15. The van der Waals surface area contributed by atoms with Crippen LogP contribution in [0.1, 0.15) is 59.8 Å². The van der Waals surface area contributed by atoms with Crippen molar-refractivity contribution in [2.24, 2.45) is 17.6 Å². The van der Waals surface area contributed by atoms with Gasteiger partial charge in [0.2, 0.25) is 0 Å². The minimum atomic E-state index is -0.733. The van der Waals surface area contributed by atoms with Crippen molar-refractivity contribution in [3.63, 3.8) is 0 Å². The highest BCUT2D eigenvalue weighted by Crippen LogP contribution is 2.31. The SMILES string of the molecule is CC(C)CC(C)OC(=O)C1(N)CCCC(C)C1. The van der Waals surface area contributed by atoms with E-state index >= 15 is 0 Å². The number of carbonyl (C=O) groups is 1. The van der Waals surface area contributed by atoms with Crippen LogP contribution in [0.4, 0.5) is 0 Å². The van der Waals surface area contributed by atoms with Crippen LogP contribution in [-0.2, 0) is 9.53 Å². The van der Waals surface area contributed by atoms with Crippen molar-refractivity contribution < 1.29 is 9.53 Å². The van der Waals surface area contributed by atoms with Gasteiger partial charge in [-0.3, -0.25) is 4.79 Å². The lowest BCUT2D eigenvalue weighted by Gasteiger charge is -2.35. The van der Waals surface area contributed by atoms with Crippen molar-refractivity contribution in [2.45, 2.75) is 71.4 Å². The van der Waals surface area contributed by atoms with Crippen LogP contribution in [0.3, 0.4) is 0 Å². The first kappa shape index (κ1) is 14.5. The largest absolute Gasteiger partial charge is 0.461 e. The van der Waals surface area contributed by atoms with Crippen molar-refractivity contribution >= 4 is 5.97 Å². The standard InChI is InChI=1S/C14H27NO2/c1-10(2)8-12(4)17-13(16)14(15)7-5-6-11(3)9-14/h10-12H,5-9,15H2,1-4H3. The van der Waals surface area contributed by atoms with E-state index in [0.29, 0.717) is 11.8 Å². The fourth-order valence-corrected chi connectivity index (χ4v) is 2.79. The van der Waals surface area contributed by atoms with E-state index in [1.165, 1.54) is 6.42 Å². The molecule has 0 aliphatic heterocycles. The van der Waals surface area contributed by atoms with Gasteiger partial charge in [-0.2, -0.15) is 0 Å². The Morgan fingerprint density at radius 1 is 1.47 bits per heavy atom. The molecule has 0 amide bonds. The minimum absolute atomic E-state index is 0.0276. The molecular weight excluding hydrogens is 214 g/mol. The van der Waals surface area contributed by atoms with Crippen LogP contribution in [0.25, 0.3) is 0 Å². The smallest absolute Gasteiger partial charge is 0.326 e. The van der Waals surface area contributed by atoms with E-state index in [4.69, 9.17) is 10.5 Å². The summed E-state index contributed by atoms with van der Waals surface area (Å²) in [6.45, 7) is 8.37. The molecular formula is C14H27NO2. The summed E-state index contributed by atoms with van der Waals surface area (Å²) in [6, 6.07) is 0. The lowest BCUT2D eigenvalue weighted by molar-refractivity contribution is -0.157. The van der Waals surface area contributed by atoms with Crippen LogP contribution in [0, 0.1) is 11.8 Å². The van der Waals surface area contributed by atoms with Crippen molar-refractivity contribution in [3.8, 4) is 0 Å². The maximum atomic E-state index is 12.1. The van der Waals surface area contributed by atoms with Gasteiger partial charge in [-0.1, -0.05) is 33.6 Å². The Morgan fingerprint density at radius 3 is 2.65 bits per heavy atom. The van der Waals surface area contributed by atoms with Gasteiger partial charge in [0.1, 0.15) is 5.54 Å². The van der Waals surface area contributed by atoms with Gasteiger partial charge in [-0.15, -0.1) is 0 Å². The van der Waals surface area contributed by atoms with Gasteiger partial charge in [-0.25, -0.2) is 0 Å². The lowest BCUT2D eigenvalue weighted by atomic mass is 9.77. The molecule has 1 fully saturated rings. The Bertz CT molecular complexity index is 265. The summed E-state index contributed by atoms with van der Waals surface area (Å²) in [5, 5.41) is 0. The maximum absolute atomic E-state index is 12.1. The molecule has 3 heteroatoms. The molecule has 1 aliphatic carbocycles. The predicted molar refractivity (Wildman–Crippen MR) is 69.6 cm³/mol. The van der Waals surface area contributed by atoms with Gasteiger partial charge in [-0.05, 0) is 38.0 Å². The third-order valence-electron chi connectivity index (χ3n) is 3.55. The first-order chi connectivity index (χ1) is 7.83. The Balaban J connectivity index is 2.50. The lowest BCUT2D eigenvalue weighted by Crippen LogP contribution is -2.52. The fourth-order valence-electron chi connectivity index (χ4n) is 2.79. The molecule has 0 spiro atoms. The first-order valence-corrected chi connectivity index (χ1v) is 6.83. The van der Waals surface area contributed by atoms with Crippen LogP contribution in [-0.4, -0.2) is 17.6 Å². The molecule has 17 heavy (non-hydrogen) atoms. The molecule has 0 aromatic heterocycles. The third kappa shape index (κ3) is 4.30. The van der Waals surface area contributed by atoms with Gasteiger partial charge in [0, 0.05) is 0 Å². The summed E-state index contributed by atoms with van der Waals surface area (Å²) >= 11 is 0. The summed E-state index contributed by atoms with van der Waals surface area (Å²) in [4.78, 5) is 12.1. The Hall–Kier alpha value is -0.570. The average molecular weight is 241 g/mol. The molecule has 0 aromatic carbocycles. The molecule has 0 saturated heterocycles. The second kappa shape index (κ2) is 5.85. The second-order valence-electron chi connectivity index (χ2n) is 6.20. The van der Waals surface area contributed by atoms with Crippen LogP contribution < -0.4 is 5.73 Å². The topological polar surface area (TPSA) is 52.3 Å². The highest BCUT2D eigenvalue weighted by atomic mass is 16.5. The Kier molecular flexibility index (Phi) is 4.99. The van der Waals surface area contributed by atoms with Crippen LogP contribution in [0.5, 0.6) is 0 Å². The molecule has 0 radical (unpaired) electrons. The van der Waals surface area contributed by atoms with Crippen molar-refractivity contribution in [1.82, 2.24) is 0 Å². The molecule has 1 saturated carbocycles. The number of carbonyl (C=O) groups excluding carboxylic acids is 1. The molecule has 3 unspecified atom stereocenters. The van der Waals surface area contributed by atoms with E-state index in [0.717, 1.165) is 25.7 Å². The minimum Gasteiger partial charge on any atom is -0.461 e. The zero-order valence-electron chi connectivity index (χ0n) is 11.7. The summed E-state index contributed by atoms with van der Waals surface area (Å²) in [5.41, 5.74) is 5.46. The van der Waals surface area contributed by atoms with Crippen LogP contribution >= 0.6 is 0 Å². The van der Waals surface area contributed by atoms with Gasteiger partial charge in [0.05, 0.1) is 6.10 Å². The van der Waals surface area contributed by atoms with Gasteiger partial charge < -0.3 is 10.5 Å². The van der Waals surface area contributed by atoms with Crippen molar-refractivity contribution in [1.29, 1.82) is 0 Å². The first-order valence-electron chi connectivity index (χ1n) is 6.83.